The molecule has 28 heavy (non-hydrogen) atoms. The van der Waals surface area contributed by atoms with Gasteiger partial charge in [-0.3, -0.25) is 4.98 Å². The summed E-state index contributed by atoms with van der Waals surface area (Å²) in [6.07, 6.45) is 2.74. The number of nitrogens with zero attached hydrogens (tertiary/aromatic N) is 3. The van der Waals surface area contributed by atoms with E-state index < -0.39 is 0 Å². The molecule has 7 heteroatoms. The van der Waals surface area contributed by atoms with Gasteiger partial charge in [-0.05, 0) is 55.0 Å². The number of likely N-dealkylation sites (tertiary alicyclic amines) is 1. The molecule has 0 spiro atoms. The zero-order chi connectivity index (χ0) is 19.3. The van der Waals surface area contributed by atoms with Crippen molar-refractivity contribution in [1.82, 2.24) is 9.88 Å². The lowest BCUT2D eigenvalue weighted by atomic mass is 10.1. The van der Waals surface area contributed by atoms with Gasteiger partial charge in [-0.2, -0.15) is 0 Å². The first-order valence-electron chi connectivity index (χ1n) is 9.22. The number of nitrogens with one attached hydrogen (secondary N) is 1. The fourth-order valence-corrected chi connectivity index (χ4v) is 4.46. The number of amides is 2. The van der Waals surface area contributed by atoms with Crippen LogP contribution in [0.1, 0.15) is 6.42 Å². The molecule has 1 N–H and O–H groups in total. The molecule has 2 atom stereocenters. The molecule has 5 nitrogen and oxygen atoms in total. The van der Waals surface area contributed by atoms with E-state index in [9.17, 15) is 9.18 Å². The molecule has 0 radical (unpaired) electrons. The largest absolute Gasteiger partial charge is 0.364 e. The molecule has 2 aliphatic heterocycles. The molecule has 1 aromatic heterocycles. The molecule has 142 valence electrons. The van der Waals surface area contributed by atoms with Crippen LogP contribution in [0.5, 0.6) is 0 Å². The molecule has 0 aliphatic carbocycles. The van der Waals surface area contributed by atoms with Crippen molar-refractivity contribution < 1.29 is 9.18 Å². The van der Waals surface area contributed by atoms with Crippen molar-refractivity contribution in [3.05, 3.63) is 65.6 Å². The Morgan fingerprint density at radius 2 is 1.93 bits per heavy atom. The maximum Gasteiger partial charge on any atom is 0.322 e. The standard InChI is InChI=1S/C21H18ClFN4O/c22-13-1-6-18-19(9-13)24-8-7-20(18)26-11-17-10-16(26)12-27(17)21(28)25-15-4-2-14(23)3-5-15/h1-9,16-17H,10-12H2,(H,25,28). The fourth-order valence-electron chi connectivity index (χ4n) is 4.30. The zero-order valence-electron chi connectivity index (χ0n) is 15.0. The van der Waals surface area contributed by atoms with Crippen molar-refractivity contribution in [1.29, 1.82) is 0 Å². The molecule has 2 fully saturated rings. The number of carbonyl (C=O) groups is 1. The van der Waals surface area contributed by atoms with E-state index in [4.69, 9.17) is 11.6 Å². The van der Waals surface area contributed by atoms with Gasteiger partial charge in [0, 0.05) is 47.1 Å². The number of urea groups is 1. The van der Waals surface area contributed by atoms with E-state index in [0.29, 0.717) is 17.3 Å². The highest BCUT2D eigenvalue weighted by atomic mass is 35.5. The van der Waals surface area contributed by atoms with Gasteiger partial charge in [-0.25, -0.2) is 9.18 Å². The smallest absolute Gasteiger partial charge is 0.322 e. The lowest BCUT2D eigenvalue weighted by Crippen LogP contribution is -2.50. The minimum atomic E-state index is -0.320. The Kier molecular flexibility index (Phi) is 4.09. The Hall–Kier alpha value is -2.86. The van der Waals surface area contributed by atoms with Crippen LogP contribution >= 0.6 is 11.6 Å². The number of anilines is 2. The van der Waals surface area contributed by atoms with Crippen LogP contribution in [0.25, 0.3) is 10.9 Å². The van der Waals surface area contributed by atoms with Crippen molar-refractivity contribution in [2.45, 2.75) is 18.5 Å². The van der Waals surface area contributed by atoms with Gasteiger partial charge < -0.3 is 15.1 Å². The second kappa shape index (κ2) is 6.63. The van der Waals surface area contributed by atoms with E-state index in [1.807, 2.05) is 29.2 Å². The zero-order valence-corrected chi connectivity index (χ0v) is 15.7. The van der Waals surface area contributed by atoms with Crippen LogP contribution in [0.2, 0.25) is 5.02 Å². The molecule has 2 bridgehead atoms. The second-order valence-corrected chi connectivity index (χ2v) is 7.71. The number of piperazine rings is 1. The predicted molar refractivity (Wildman–Crippen MR) is 108 cm³/mol. The van der Waals surface area contributed by atoms with E-state index >= 15 is 0 Å². The van der Waals surface area contributed by atoms with E-state index in [1.165, 1.54) is 12.1 Å². The van der Waals surface area contributed by atoms with E-state index in [0.717, 1.165) is 29.6 Å². The molecular formula is C21H18ClFN4O. The summed E-state index contributed by atoms with van der Waals surface area (Å²) in [5.41, 5.74) is 2.61. The van der Waals surface area contributed by atoms with Crippen molar-refractivity contribution in [3.8, 4) is 0 Å². The Balaban J connectivity index is 1.33. The number of carbonyl (C=O) groups excluding carboxylic acids is 1. The third-order valence-corrected chi connectivity index (χ3v) is 5.82. The molecule has 2 amide bonds. The van der Waals surface area contributed by atoms with Crippen LogP contribution < -0.4 is 10.2 Å². The second-order valence-electron chi connectivity index (χ2n) is 7.28. The van der Waals surface area contributed by atoms with E-state index in [-0.39, 0.29) is 23.9 Å². The third-order valence-electron chi connectivity index (χ3n) is 5.59. The number of hydrogen-bond donors (Lipinski definition) is 1. The van der Waals surface area contributed by atoms with Crippen LogP contribution in [-0.4, -0.2) is 41.1 Å². The first-order chi connectivity index (χ1) is 13.6. The Bertz CT molecular complexity index is 1060. The highest BCUT2D eigenvalue weighted by Crippen LogP contribution is 2.38. The Morgan fingerprint density at radius 1 is 1.11 bits per heavy atom. The van der Waals surface area contributed by atoms with Crippen molar-refractivity contribution in [2.75, 3.05) is 23.3 Å². The first kappa shape index (κ1) is 17.3. The molecular weight excluding hydrogens is 379 g/mol. The number of aromatic nitrogens is 1. The van der Waals surface area contributed by atoms with Crippen molar-refractivity contribution in [3.63, 3.8) is 0 Å². The summed E-state index contributed by atoms with van der Waals surface area (Å²) in [4.78, 5) is 21.3. The summed E-state index contributed by atoms with van der Waals surface area (Å²) in [6.45, 7) is 1.44. The average molecular weight is 397 g/mol. The first-order valence-corrected chi connectivity index (χ1v) is 9.60. The minimum absolute atomic E-state index is 0.134. The molecule has 2 unspecified atom stereocenters. The van der Waals surface area contributed by atoms with Crippen LogP contribution in [0.4, 0.5) is 20.6 Å². The van der Waals surface area contributed by atoms with Gasteiger partial charge in [0.15, 0.2) is 0 Å². The number of rotatable bonds is 2. The molecule has 3 heterocycles. The topological polar surface area (TPSA) is 48.5 Å². The van der Waals surface area contributed by atoms with Crippen LogP contribution in [0.15, 0.2) is 54.7 Å². The highest BCUT2D eigenvalue weighted by Gasteiger charge is 2.45. The van der Waals surface area contributed by atoms with Gasteiger partial charge in [0.25, 0.3) is 0 Å². The van der Waals surface area contributed by atoms with E-state index in [1.54, 1.807) is 18.3 Å². The molecule has 2 aromatic carbocycles. The number of hydrogen-bond acceptors (Lipinski definition) is 3. The van der Waals surface area contributed by atoms with Crippen molar-refractivity contribution >= 4 is 39.9 Å². The number of benzene rings is 2. The Labute approximate surface area is 166 Å². The summed E-state index contributed by atoms with van der Waals surface area (Å²) in [6, 6.07) is 13.9. The van der Waals surface area contributed by atoms with Gasteiger partial charge in [-0.15, -0.1) is 0 Å². The molecule has 0 saturated carbocycles. The summed E-state index contributed by atoms with van der Waals surface area (Å²) in [5, 5.41) is 4.60. The Morgan fingerprint density at radius 3 is 2.68 bits per heavy atom. The summed E-state index contributed by atoms with van der Waals surface area (Å²) < 4.78 is 13.0. The lowest BCUT2D eigenvalue weighted by molar-refractivity contribution is 0.202. The third kappa shape index (κ3) is 2.94. The normalized spacial score (nSPS) is 20.8. The fraction of sp³-hybridized carbons (Fsp3) is 0.238. The van der Waals surface area contributed by atoms with Crippen LogP contribution in [-0.2, 0) is 0 Å². The van der Waals surface area contributed by atoms with Gasteiger partial charge in [0.05, 0.1) is 11.6 Å². The van der Waals surface area contributed by atoms with Gasteiger partial charge >= 0.3 is 6.03 Å². The predicted octanol–water partition coefficient (Wildman–Crippen LogP) is 4.52. The SMILES string of the molecule is O=C(Nc1ccc(F)cc1)N1CC2CC1CN2c1ccnc2cc(Cl)ccc12. The molecule has 3 aromatic rings. The maximum atomic E-state index is 13.0. The molecule has 2 saturated heterocycles. The van der Waals surface area contributed by atoms with Gasteiger partial charge in [0.2, 0.25) is 0 Å². The lowest BCUT2D eigenvalue weighted by Gasteiger charge is -2.36. The highest BCUT2D eigenvalue weighted by molar-refractivity contribution is 6.31. The number of pyridine rings is 1. The quantitative estimate of drug-likeness (QED) is 0.692. The van der Waals surface area contributed by atoms with Gasteiger partial charge in [0.1, 0.15) is 5.82 Å². The van der Waals surface area contributed by atoms with Crippen molar-refractivity contribution in [2.24, 2.45) is 0 Å². The van der Waals surface area contributed by atoms with Crippen LogP contribution in [0.3, 0.4) is 0 Å². The average Bonchev–Trinajstić information content (AvgIpc) is 3.30. The van der Waals surface area contributed by atoms with Gasteiger partial charge in [-0.1, -0.05) is 11.6 Å². The molecule has 5 rings (SSSR count). The summed E-state index contributed by atoms with van der Waals surface area (Å²) in [5.74, 6) is -0.320. The monoisotopic (exact) mass is 396 g/mol. The minimum Gasteiger partial charge on any atom is -0.364 e. The molecule has 2 aliphatic rings. The number of halogens is 2. The van der Waals surface area contributed by atoms with E-state index in [2.05, 4.69) is 15.2 Å². The maximum absolute atomic E-state index is 13.0. The van der Waals surface area contributed by atoms with Crippen LogP contribution in [0, 0.1) is 5.82 Å². The number of fused-ring (bicyclic) bond motifs is 3. The summed E-state index contributed by atoms with van der Waals surface area (Å²) >= 11 is 6.10. The summed E-state index contributed by atoms with van der Waals surface area (Å²) in [7, 11) is 0.